The second-order valence-electron chi connectivity index (χ2n) is 1.98. The zero-order chi connectivity index (χ0) is 7.40. The van der Waals surface area contributed by atoms with Crippen LogP contribution in [-0.4, -0.2) is 29.2 Å². The van der Waals surface area contributed by atoms with Crippen LogP contribution in [0.15, 0.2) is 6.33 Å². The summed E-state index contributed by atoms with van der Waals surface area (Å²) in [7, 11) is 7.15. The van der Waals surface area contributed by atoms with Crippen molar-refractivity contribution in [2.24, 2.45) is 7.05 Å². The van der Waals surface area contributed by atoms with Crippen molar-refractivity contribution in [3.05, 3.63) is 6.33 Å². The molecular weight excluding hydrogens is 127 g/mol. The summed E-state index contributed by atoms with van der Waals surface area (Å²) in [6.45, 7) is 0.729. The molecule has 0 amide bonds. The molecule has 0 aliphatic rings. The maximum Gasteiger partial charge on any atom is 0.224 e. The van der Waals surface area contributed by atoms with E-state index < -0.39 is 0 Å². The van der Waals surface area contributed by atoms with Gasteiger partial charge in [0, 0.05) is 13.6 Å². The van der Waals surface area contributed by atoms with Gasteiger partial charge in [0.05, 0.1) is 7.85 Å². The molecule has 0 aliphatic heterocycles. The Hall–Kier alpha value is -0.995. The summed E-state index contributed by atoms with van der Waals surface area (Å²) in [6.07, 6.45) is 2.24. The lowest BCUT2D eigenvalue weighted by molar-refractivity contribution is 0.904. The molecule has 5 heteroatoms. The van der Waals surface area contributed by atoms with Gasteiger partial charge in [0.2, 0.25) is 5.95 Å². The van der Waals surface area contributed by atoms with Crippen molar-refractivity contribution in [2.45, 2.75) is 6.32 Å². The fourth-order valence-electron chi connectivity index (χ4n) is 0.627. The maximum atomic E-state index is 5.28. The number of hydrogen-bond donors (Lipinski definition) is 1. The zero-order valence-corrected chi connectivity index (χ0v) is 5.91. The maximum absolute atomic E-state index is 5.28. The van der Waals surface area contributed by atoms with Crippen molar-refractivity contribution >= 4 is 13.8 Å². The number of hydrogen-bond acceptors (Lipinski definition) is 3. The quantitative estimate of drug-likeness (QED) is 0.585. The van der Waals surface area contributed by atoms with Crippen LogP contribution in [0.5, 0.6) is 0 Å². The number of nitrogens with zero attached hydrogens (tertiary/aromatic N) is 3. The first-order valence-electron chi connectivity index (χ1n) is 3.12. The van der Waals surface area contributed by atoms with Gasteiger partial charge in [-0.3, -0.25) is 0 Å². The first kappa shape index (κ1) is 7.12. The van der Waals surface area contributed by atoms with Crippen molar-refractivity contribution < 1.29 is 0 Å². The summed E-state index contributed by atoms with van der Waals surface area (Å²) < 4.78 is 1.80. The Balaban J connectivity index is 2.49. The molecule has 1 heterocycles. The zero-order valence-electron chi connectivity index (χ0n) is 5.91. The Bertz CT molecular complexity index is 197. The summed E-state index contributed by atoms with van der Waals surface area (Å²) in [5.41, 5.74) is 0. The highest BCUT2D eigenvalue weighted by atomic mass is 15.3. The summed E-state index contributed by atoms with van der Waals surface area (Å²) in [4.78, 5) is 0. The van der Waals surface area contributed by atoms with Gasteiger partial charge in [0.15, 0.2) is 0 Å². The molecule has 1 N–H and O–H groups in total. The minimum absolute atomic E-state index is 0.604. The topological polar surface area (TPSA) is 42.7 Å². The lowest BCUT2D eigenvalue weighted by Gasteiger charge is -2.00. The van der Waals surface area contributed by atoms with E-state index in [1.165, 1.54) is 0 Å². The SMILES string of the molecule is [B]CCNc1nncn1C. The van der Waals surface area contributed by atoms with E-state index in [1.807, 2.05) is 7.05 Å². The monoisotopic (exact) mass is 136 g/mol. The summed E-state index contributed by atoms with van der Waals surface area (Å²) in [6, 6.07) is 0. The molecule has 0 saturated heterocycles. The average Bonchev–Trinajstić information content (AvgIpc) is 2.31. The van der Waals surface area contributed by atoms with Gasteiger partial charge in [-0.2, -0.15) is 0 Å². The van der Waals surface area contributed by atoms with E-state index in [1.54, 1.807) is 10.9 Å². The first-order valence-corrected chi connectivity index (χ1v) is 3.12. The fourth-order valence-corrected chi connectivity index (χ4v) is 0.627. The second-order valence-corrected chi connectivity index (χ2v) is 1.98. The average molecular weight is 136 g/mol. The van der Waals surface area contributed by atoms with Crippen LogP contribution in [0.25, 0.3) is 0 Å². The molecule has 0 bridgehead atoms. The van der Waals surface area contributed by atoms with E-state index >= 15 is 0 Å². The standard InChI is InChI=1S/C5H9BN4/c1-10-4-8-9-5(10)7-3-2-6/h4H,2-3H2,1H3,(H,7,9). The predicted molar refractivity (Wildman–Crippen MR) is 40.1 cm³/mol. The van der Waals surface area contributed by atoms with Gasteiger partial charge >= 0.3 is 0 Å². The van der Waals surface area contributed by atoms with Gasteiger partial charge in [-0.25, -0.2) is 0 Å². The lowest BCUT2D eigenvalue weighted by atomic mass is 10.1. The third-order valence-electron chi connectivity index (χ3n) is 1.14. The van der Waals surface area contributed by atoms with Crippen molar-refractivity contribution in [2.75, 3.05) is 11.9 Å². The Labute approximate surface area is 61.1 Å². The Morgan fingerprint density at radius 1 is 1.80 bits per heavy atom. The van der Waals surface area contributed by atoms with E-state index in [0.717, 1.165) is 12.5 Å². The second kappa shape index (κ2) is 3.24. The molecule has 0 atom stereocenters. The highest BCUT2D eigenvalue weighted by Gasteiger charge is 1.95. The van der Waals surface area contributed by atoms with Crippen molar-refractivity contribution in [3.63, 3.8) is 0 Å². The van der Waals surface area contributed by atoms with Crippen LogP contribution in [0.3, 0.4) is 0 Å². The molecule has 1 rings (SSSR count). The van der Waals surface area contributed by atoms with Gasteiger partial charge in [0.25, 0.3) is 0 Å². The highest BCUT2D eigenvalue weighted by molar-refractivity contribution is 6.08. The minimum Gasteiger partial charge on any atom is -0.355 e. The summed E-state index contributed by atoms with van der Waals surface area (Å²) in [5.74, 6) is 0.755. The molecule has 0 fully saturated rings. The number of nitrogens with one attached hydrogen (secondary N) is 1. The van der Waals surface area contributed by atoms with E-state index in [4.69, 9.17) is 7.85 Å². The molecule has 4 nitrogen and oxygen atoms in total. The predicted octanol–water partition coefficient (Wildman–Crippen LogP) is -0.186. The normalized spacial score (nSPS) is 9.70. The summed E-state index contributed by atoms with van der Waals surface area (Å²) >= 11 is 0. The first-order chi connectivity index (χ1) is 4.84. The molecule has 2 radical (unpaired) electrons. The van der Waals surface area contributed by atoms with Crippen molar-refractivity contribution in [1.29, 1.82) is 0 Å². The number of aryl methyl sites for hydroxylation is 1. The van der Waals surface area contributed by atoms with Crippen LogP contribution in [0, 0.1) is 0 Å². The Morgan fingerprint density at radius 3 is 3.10 bits per heavy atom. The van der Waals surface area contributed by atoms with E-state index in [2.05, 4.69) is 15.5 Å². The van der Waals surface area contributed by atoms with E-state index in [9.17, 15) is 0 Å². The third kappa shape index (κ3) is 1.49. The number of rotatable bonds is 3. The van der Waals surface area contributed by atoms with Crippen LogP contribution >= 0.6 is 0 Å². The summed E-state index contributed by atoms with van der Waals surface area (Å²) in [5, 5.41) is 10.5. The van der Waals surface area contributed by atoms with Crippen LogP contribution in [0.2, 0.25) is 6.32 Å². The van der Waals surface area contributed by atoms with Gasteiger partial charge < -0.3 is 9.88 Å². The van der Waals surface area contributed by atoms with Crippen molar-refractivity contribution in [1.82, 2.24) is 14.8 Å². The molecule has 0 spiro atoms. The molecule has 0 aromatic carbocycles. The van der Waals surface area contributed by atoms with E-state index in [-0.39, 0.29) is 0 Å². The van der Waals surface area contributed by atoms with Gasteiger partial charge in [0.1, 0.15) is 6.33 Å². The largest absolute Gasteiger partial charge is 0.355 e. The van der Waals surface area contributed by atoms with Crippen LogP contribution in [-0.2, 0) is 7.05 Å². The minimum atomic E-state index is 0.604. The van der Waals surface area contributed by atoms with Crippen LogP contribution in [0.4, 0.5) is 5.95 Å². The molecule has 52 valence electrons. The van der Waals surface area contributed by atoms with Gasteiger partial charge in [-0.15, -0.1) is 10.2 Å². The van der Waals surface area contributed by atoms with Crippen LogP contribution in [0.1, 0.15) is 0 Å². The number of anilines is 1. The molecule has 1 aromatic rings. The lowest BCUT2D eigenvalue weighted by Crippen LogP contribution is -2.05. The van der Waals surface area contributed by atoms with E-state index in [0.29, 0.717) is 6.32 Å². The number of aromatic nitrogens is 3. The Kier molecular flexibility index (Phi) is 2.31. The third-order valence-corrected chi connectivity index (χ3v) is 1.14. The molecule has 0 saturated carbocycles. The smallest absolute Gasteiger partial charge is 0.224 e. The molecule has 0 unspecified atom stereocenters. The van der Waals surface area contributed by atoms with Crippen molar-refractivity contribution in [3.8, 4) is 0 Å². The fraction of sp³-hybridized carbons (Fsp3) is 0.600. The molecular formula is C5H9BN4. The van der Waals surface area contributed by atoms with Gasteiger partial charge in [-0.1, -0.05) is 6.32 Å². The van der Waals surface area contributed by atoms with Gasteiger partial charge in [-0.05, 0) is 0 Å². The van der Waals surface area contributed by atoms with Crippen LogP contribution < -0.4 is 5.32 Å². The molecule has 0 aliphatic carbocycles. The molecule has 1 aromatic heterocycles. The highest BCUT2D eigenvalue weighted by Crippen LogP contribution is 1.96. The molecule has 10 heavy (non-hydrogen) atoms. The Morgan fingerprint density at radius 2 is 2.60 bits per heavy atom.